The lowest BCUT2D eigenvalue weighted by Crippen LogP contribution is -2.12. The number of carbonyl (C=O) groups excluding carboxylic acids is 1. The van der Waals surface area contributed by atoms with Crippen LogP contribution < -0.4 is 10.6 Å². The molecule has 21 heavy (non-hydrogen) atoms. The summed E-state index contributed by atoms with van der Waals surface area (Å²) in [6.45, 7) is 2.05. The van der Waals surface area contributed by atoms with Crippen molar-refractivity contribution >= 4 is 34.8 Å². The van der Waals surface area contributed by atoms with Crippen LogP contribution in [0.1, 0.15) is 26.2 Å². The molecule has 5 nitrogen and oxygen atoms in total. The van der Waals surface area contributed by atoms with Gasteiger partial charge in [-0.15, -0.1) is 10.2 Å². The molecule has 0 fully saturated rings. The molecular weight excluding hydrogens is 288 g/mol. The lowest BCUT2D eigenvalue weighted by atomic mass is 10.2. The van der Waals surface area contributed by atoms with Gasteiger partial charge >= 0.3 is 0 Å². The second-order valence-corrected chi connectivity index (χ2v) is 5.02. The lowest BCUT2D eigenvalue weighted by Gasteiger charge is -2.06. The summed E-state index contributed by atoms with van der Waals surface area (Å²) in [6.07, 6.45) is 2.36. The average molecular weight is 305 g/mol. The predicted molar refractivity (Wildman–Crippen MR) is 84.9 cm³/mol. The summed E-state index contributed by atoms with van der Waals surface area (Å²) in [4.78, 5) is 11.6. The van der Waals surface area contributed by atoms with Crippen molar-refractivity contribution in [2.24, 2.45) is 0 Å². The molecule has 1 aromatic heterocycles. The summed E-state index contributed by atoms with van der Waals surface area (Å²) >= 11 is 5.82. The molecule has 0 aliphatic carbocycles. The van der Waals surface area contributed by atoms with Crippen LogP contribution in [-0.4, -0.2) is 16.1 Å². The quantitative estimate of drug-likeness (QED) is 0.846. The number of carbonyl (C=O) groups is 1. The van der Waals surface area contributed by atoms with E-state index in [1.165, 1.54) is 0 Å². The summed E-state index contributed by atoms with van der Waals surface area (Å²) in [7, 11) is 0. The van der Waals surface area contributed by atoms with Gasteiger partial charge in [-0.05, 0) is 42.8 Å². The number of nitrogens with zero attached hydrogens (tertiary/aromatic N) is 2. The molecule has 1 aromatic carbocycles. The van der Waals surface area contributed by atoms with Crippen molar-refractivity contribution < 1.29 is 4.79 Å². The van der Waals surface area contributed by atoms with Gasteiger partial charge in [0.15, 0.2) is 11.6 Å². The number of nitrogens with one attached hydrogen (secondary N) is 2. The van der Waals surface area contributed by atoms with Crippen molar-refractivity contribution in [2.45, 2.75) is 26.2 Å². The minimum absolute atomic E-state index is 0.0374. The van der Waals surface area contributed by atoms with Crippen molar-refractivity contribution in [3.8, 4) is 0 Å². The van der Waals surface area contributed by atoms with E-state index in [9.17, 15) is 4.79 Å². The van der Waals surface area contributed by atoms with E-state index in [-0.39, 0.29) is 5.91 Å². The first-order chi connectivity index (χ1) is 10.2. The number of benzene rings is 1. The molecule has 1 heterocycles. The first-order valence-electron chi connectivity index (χ1n) is 6.83. The number of hydrogen-bond donors (Lipinski definition) is 2. The minimum Gasteiger partial charge on any atom is -0.339 e. The molecule has 0 saturated carbocycles. The standard InChI is InChI=1S/C15H17ClN4O/c1-2-3-4-15(21)18-14-10-9-13(19-20-14)17-12-7-5-11(16)6-8-12/h5-10H,2-4H2,1H3,(H,17,19)(H,18,20,21). The van der Waals surface area contributed by atoms with Gasteiger partial charge < -0.3 is 10.6 Å². The van der Waals surface area contributed by atoms with Crippen molar-refractivity contribution in [1.29, 1.82) is 0 Å². The Kier molecular flexibility index (Phi) is 5.51. The van der Waals surface area contributed by atoms with Crippen LogP contribution in [0.25, 0.3) is 0 Å². The number of rotatable bonds is 6. The van der Waals surface area contributed by atoms with Crippen molar-refractivity contribution in [3.05, 3.63) is 41.4 Å². The zero-order chi connectivity index (χ0) is 15.1. The molecule has 6 heteroatoms. The van der Waals surface area contributed by atoms with E-state index < -0.39 is 0 Å². The van der Waals surface area contributed by atoms with Crippen LogP contribution in [0.5, 0.6) is 0 Å². The molecule has 2 N–H and O–H groups in total. The summed E-state index contributed by atoms with van der Waals surface area (Å²) < 4.78 is 0. The molecule has 2 aromatic rings. The monoisotopic (exact) mass is 304 g/mol. The summed E-state index contributed by atoms with van der Waals surface area (Å²) in [5, 5.41) is 14.5. The van der Waals surface area contributed by atoms with E-state index >= 15 is 0 Å². The van der Waals surface area contributed by atoms with Gasteiger partial charge in [0.1, 0.15) is 0 Å². The van der Waals surface area contributed by atoms with Crippen LogP contribution in [0.15, 0.2) is 36.4 Å². The normalized spacial score (nSPS) is 10.2. The lowest BCUT2D eigenvalue weighted by molar-refractivity contribution is -0.116. The molecule has 0 atom stereocenters. The number of unbranched alkanes of at least 4 members (excludes halogenated alkanes) is 1. The SMILES string of the molecule is CCCCC(=O)Nc1ccc(Nc2ccc(Cl)cc2)nn1. The maximum Gasteiger partial charge on any atom is 0.225 e. The summed E-state index contributed by atoms with van der Waals surface area (Å²) in [5.41, 5.74) is 0.869. The Morgan fingerprint density at radius 1 is 1.10 bits per heavy atom. The van der Waals surface area contributed by atoms with E-state index in [4.69, 9.17) is 11.6 Å². The second-order valence-electron chi connectivity index (χ2n) is 4.59. The average Bonchev–Trinajstić information content (AvgIpc) is 2.49. The van der Waals surface area contributed by atoms with Crippen molar-refractivity contribution in [2.75, 3.05) is 10.6 Å². The fourth-order valence-corrected chi connectivity index (χ4v) is 1.82. The fraction of sp³-hybridized carbons (Fsp3) is 0.267. The van der Waals surface area contributed by atoms with Gasteiger partial charge in [0.25, 0.3) is 0 Å². The Morgan fingerprint density at radius 2 is 1.76 bits per heavy atom. The van der Waals surface area contributed by atoms with Gasteiger partial charge in [-0.2, -0.15) is 0 Å². The summed E-state index contributed by atoms with van der Waals surface area (Å²) in [6, 6.07) is 10.8. The van der Waals surface area contributed by atoms with Crippen LogP contribution in [0.4, 0.5) is 17.3 Å². The van der Waals surface area contributed by atoms with Gasteiger partial charge in [-0.1, -0.05) is 24.9 Å². The zero-order valence-electron chi connectivity index (χ0n) is 11.8. The fourth-order valence-electron chi connectivity index (χ4n) is 1.69. The Bertz CT molecular complexity index is 584. The smallest absolute Gasteiger partial charge is 0.225 e. The van der Waals surface area contributed by atoms with Gasteiger partial charge in [0.2, 0.25) is 5.91 Å². The highest BCUT2D eigenvalue weighted by atomic mass is 35.5. The Hall–Kier alpha value is -2.14. The van der Waals surface area contributed by atoms with Gasteiger partial charge in [-0.3, -0.25) is 4.79 Å². The molecule has 0 bridgehead atoms. The number of halogens is 1. The van der Waals surface area contributed by atoms with Crippen molar-refractivity contribution in [1.82, 2.24) is 10.2 Å². The Balaban J connectivity index is 1.92. The predicted octanol–water partition coefficient (Wildman–Crippen LogP) is 4.00. The van der Waals surface area contributed by atoms with E-state index in [2.05, 4.69) is 20.8 Å². The molecule has 110 valence electrons. The topological polar surface area (TPSA) is 66.9 Å². The van der Waals surface area contributed by atoms with Crippen LogP contribution in [0.3, 0.4) is 0 Å². The zero-order valence-corrected chi connectivity index (χ0v) is 12.5. The second kappa shape index (κ2) is 7.59. The number of hydrogen-bond acceptors (Lipinski definition) is 4. The summed E-state index contributed by atoms with van der Waals surface area (Å²) in [5.74, 6) is 1.02. The Morgan fingerprint density at radius 3 is 2.38 bits per heavy atom. The van der Waals surface area contributed by atoms with Crippen LogP contribution in [-0.2, 0) is 4.79 Å². The minimum atomic E-state index is -0.0374. The molecule has 0 aliphatic rings. The molecule has 0 aliphatic heterocycles. The maximum atomic E-state index is 11.6. The van der Waals surface area contributed by atoms with Crippen LogP contribution >= 0.6 is 11.6 Å². The highest BCUT2D eigenvalue weighted by Crippen LogP contribution is 2.17. The van der Waals surface area contributed by atoms with E-state index in [1.807, 2.05) is 19.1 Å². The third kappa shape index (κ3) is 5.04. The van der Waals surface area contributed by atoms with E-state index in [1.54, 1.807) is 24.3 Å². The van der Waals surface area contributed by atoms with Crippen LogP contribution in [0.2, 0.25) is 5.02 Å². The first-order valence-corrected chi connectivity index (χ1v) is 7.21. The van der Waals surface area contributed by atoms with Gasteiger partial charge in [0, 0.05) is 17.1 Å². The molecule has 0 unspecified atom stereocenters. The van der Waals surface area contributed by atoms with E-state index in [0.29, 0.717) is 23.1 Å². The molecule has 2 rings (SSSR count). The third-order valence-electron chi connectivity index (χ3n) is 2.81. The van der Waals surface area contributed by atoms with E-state index in [0.717, 1.165) is 18.5 Å². The molecular formula is C15H17ClN4O. The third-order valence-corrected chi connectivity index (χ3v) is 3.06. The molecule has 0 saturated heterocycles. The maximum absolute atomic E-state index is 11.6. The highest BCUT2D eigenvalue weighted by Gasteiger charge is 2.03. The number of amides is 1. The highest BCUT2D eigenvalue weighted by molar-refractivity contribution is 6.30. The number of aromatic nitrogens is 2. The molecule has 0 spiro atoms. The molecule has 0 radical (unpaired) electrons. The number of anilines is 3. The van der Waals surface area contributed by atoms with Gasteiger partial charge in [0.05, 0.1) is 0 Å². The largest absolute Gasteiger partial charge is 0.339 e. The van der Waals surface area contributed by atoms with Gasteiger partial charge in [-0.25, -0.2) is 0 Å². The molecule has 1 amide bonds. The Labute approximate surface area is 128 Å². The first kappa shape index (κ1) is 15.3. The van der Waals surface area contributed by atoms with Crippen molar-refractivity contribution in [3.63, 3.8) is 0 Å². The van der Waals surface area contributed by atoms with Crippen LogP contribution in [0, 0.1) is 0 Å².